The van der Waals surface area contributed by atoms with Gasteiger partial charge < -0.3 is 10.5 Å². The SMILES string of the molecule is COc1cc(N)c(Cl)cc1-c1n[nH]c(Cc2ccc3ccccc3n2)n1. The zero-order valence-corrected chi connectivity index (χ0v) is 14.8. The average Bonchev–Trinajstić information content (AvgIpc) is 3.11. The molecule has 0 saturated heterocycles. The molecule has 0 saturated carbocycles. The number of H-pyrrole nitrogens is 1. The molecule has 0 aliphatic rings. The number of nitrogens with zero attached hydrogens (tertiary/aromatic N) is 3. The van der Waals surface area contributed by atoms with E-state index in [1.165, 1.54) is 0 Å². The number of ether oxygens (including phenoxy) is 1. The van der Waals surface area contributed by atoms with Crippen LogP contribution in [-0.2, 0) is 6.42 Å². The number of aromatic amines is 1. The summed E-state index contributed by atoms with van der Waals surface area (Å²) < 4.78 is 5.37. The minimum Gasteiger partial charge on any atom is -0.496 e. The first-order valence-corrected chi connectivity index (χ1v) is 8.41. The van der Waals surface area contributed by atoms with Crippen molar-refractivity contribution >= 4 is 28.2 Å². The molecule has 0 unspecified atom stereocenters. The second kappa shape index (κ2) is 6.65. The standard InChI is InChI=1S/C19H16ClN5O/c1-26-17-10-15(21)14(20)9-13(17)19-23-18(24-25-19)8-12-7-6-11-4-2-3-5-16(11)22-12/h2-7,9-10H,8,21H2,1H3,(H,23,24,25). The van der Waals surface area contributed by atoms with Crippen LogP contribution in [0.4, 0.5) is 5.69 Å². The van der Waals surface area contributed by atoms with Crippen LogP contribution < -0.4 is 10.5 Å². The number of fused-ring (bicyclic) bond motifs is 1. The van der Waals surface area contributed by atoms with Gasteiger partial charge in [-0.15, -0.1) is 0 Å². The summed E-state index contributed by atoms with van der Waals surface area (Å²) in [6.07, 6.45) is 0.544. The van der Waals surface area contributed by atoms with E-state index in [-0.39, 0.29) is 0 Å². The Morgan fingerprint density at radius 3 is 2.81 bits per heavy atom. The molecule has 0 bridgehead atoms. The summed E-state index contributed by atoms with van der Waals surface area (Å²) in [6.45, 7) is 0. The average molecular weight is 366 g/mol. The highest BCUT2D eigenvalue weighted by Crippen LogP contribution is 2.34. The van der Waals surface area contributed by atoms with Crippen LogP contribution in [0.5, 0.6) is 5.75 Å². The highest BCUT2D eigenvalue weighted by atomic mass is 35.5. The Labute approximate surface area is 155 Å². The van der Waals surface area contributed by atoms with Crippen LogP contribution in [0.15, 0.2) is 48.5 Å². The molecule has 0 radical (unpaired) electrons. The lowest BCUT2D eigenvalue weighted by Gasteiger charge is -2.07. The van der Waals surface area contributed by atoms with Crippen LogP contribution in [0, 0.1) is 0 Å². The number of hydrogen-bond acceptors (Lipinski definition) is 5. The summed E-state index contributed by atoms with van der Waals surface area (Å²) in [4.78, 5) is 9.21. The molecular formula is C19H16ClN5O. The number of pyridine rings is 1. The molecule has 4 aromatic rings. The molecule has 0 spiro atoms. The zero-order valence-electron chi connectivity index (χ0n) is 14.0. The monoisotopic (exact) mass is 365 g/mol. The molecule has 0 atom stereocenters. The minimum atomic E-state index is 0.434. The van der Waals surface area contributed by atoms with Gasteiger partial charge in [-0.3, -0.25) is 10.1 Å². The molecule has 3 N–H and O–H groups in total. The summed E-state index contributed by atoms with van der Waals surface area (Å²) in [7, 11) is 1.57. The van der Waals surface area contributed by atoms with E-state index in [1.54, 1.807) is 19.2 Å². The van der Waals surface area contributed by atoms with Gasteiger partial charge in [-0.05, 0) is 18.2 Å². The van der Waals surface area contributed by atoms with Crippen LogP contribution in [0.1, 0.15) is 11.5 Å². The van der Waals surface area contributed by atoms with E-state index in [0.717, 1.165) is 16.6 Å². The Bertz CT molecular complexity index is 1090. The summed E-state index contributed by atoms with van der Waals surface area (Å²) in [5, 5.41) is 8.78. The van der Waals surface area contributed by atoms with Gasteiger partial charge in [-0.1, -0.05) is 35.9 Å². The molecule has 0 amide bonds. The lowest BCUT2D eigenvalue weighted by Crippen LogP contribution is -1.95. The number of benzene rings is 2. The minimum absolute atomic E-state index is 0.434. The van der Waals surface area contributed by atoms with Crippen molar-refractivity contribution in [3.8, 4) is 17.1 Å². The number of methoxy groups -OCH3 is 1. The van der Waals surface area contributed by atoms with Gasteiger partial charge in [0.05, 0.1) is 28.9 Å². The van der Waals surface area contributed by atoms with Gasteiger partial charge in [0.15, 0.2) is 5.82 Å². The van der Waals surface area contributed by atoms with Crippen molar-refractivity contribution in [2.45, 2.75) is 6.42 Å². The molecule has 0 fully saturated rings. The Kier molecular flexibility index (Phi) is 4.18. The Morgan fingerprint density at radius 2 is 1.96 bits per heavy atom. The molecule has 2 heterocycles. The van der Waals surface area contributed by atoms with E-state index in [1.807, 2.05) is 30.3 Å². The molecule has 6 nitrogen and oxygen atoms in total. The van der Waals surface area contributed by atoms with E-state index >= 15 is 0 Å². The fourth-order valence-corrected chi connectivity index (χ4v) is 2.95. The van der Waals surface area contributed by atoms with Crippen molar-refractivity contribution < 1.29 is 4.74 Å². The summed E-state index contributed by atoms with van der Waals surface area (Å²) >= 11 is 6.13. The number of hydrogen-bond donors (Lipinski definition) is 2. The molecule has 0 aliphatic heterocycles. The van der Waals surface area contributed by atoms with Crippen LogP contribution in [0.2, 0.25) is 5.02 Å². The molecular weight excluding hydrogens is 350 g/mol. The lowest BCUT2D eigenvalue weighted by atomic mass is 10.1. The van der Waals surface area contributed by atoms with Crippen molar-refractivity contribution in [2.75, 3.05) is 12.8 Å². The second-order valence-electron chi connectivity index (χ2n) is 5.85. The summed E-state index contributed by atoms with van der Waals surface area (Å²) in [5.74, 6) is 1.78. The third-order valence-corrected chi connectivity index (χ3v) is 4.42. The third-order valence-electron chi connectivity index (χ3n) is 4.10. The van der Waals surface area contributed by atoms with E-state index < -0.39 is 0 Å². The van der Waals surface area contributed by atoms with Gasteiger partial charge in [0.2, 0.25) is 0 Å². The number of nitrogens with two attached hydrogens (primary N) is 1. The maximum absolute atomic E-state index is 6.13. The number of aromatic nitrogens is 4. The number of halogens is 1. The van der Waals surface area contributed by atoms with Crippen molar-refractivity contribution in [3.63, 3.8) is 0 Å². The van der Waals surface area contributed by atoms with Crippen LogP contribution in [0.3, 0.4) is 0 Å². The van der Waals surface area contributed by atoms with E-state index in [9.17, 15) is 0 Å². The maximum atomic E-state index is 6.13. The molecule has 7 heteroatoms. The van der Waals surface area contributed by atoms with Gasteiger partial charge in [0, 0.05) is 23.6 Å². The quantitative estimate of drug-likeness (QED) is 0.536. The van der Waals surface area contributed by atoms with Gasteiger partial charge in [0.25, 0.3) is 0 Å². The third kappa shape index (κ3) is 3.07. The molecule has 0 aliphatic carbocycles. The lowest BCUT2D eigenvalue weighted by molar-refractivity contribution is 0.416. The zero-order chi connectivity index (χ0) is 18.1. The van der Waals surface area contributed by atoms with E-state index in [0.29, 0.717) is 40.1 Å². The largest absolute Gasteiger partial charge is 0.496 e. The molecule has 4 rings (SSSR count). The Balaban J connectivity index is 1.64. The van der Waals surface area contributed by atoms with Crippen LogP contribution in [0.25, 0.3) is 22.3 Å². The fraction of sp³-hybridized carbons (Fsp3) is 0.105. The number of nitrogen functional groups attached to an aromatic ring is 1. The topological polar surface area (TPSA) is 89.7 Å². The first kappa shape index (κ1) is 16.4. The van der Waals surface area contributed by atoms with Crippen molar-refractivity contribution in [2.24, 2.45) is 0 Å². The van der Waals surface area contributed by atoms with E-state index in [2.05, 4.69) is 26.2 Å². The van der Waals surface area contributed by atoms with Gasteiger partial charge in [0.1, 0.15) is 11.6 Å². The van der Waals surface area contributed by atoms with Crippen molar-refractivity contribution in [3.05, 3.63) is 65.1 Å². The number of anilines is 1. The second-order valence-corrected chi connectivity index (χ2v) is 6.26. The van der Waals surface area contributed by atoms with E-state index in [4.69, 9.17) is 22.1 Å². The maximum Gasteiger partial charge on any atom is 0.184 e. The van der Waals surface area contributed by atoms with Crippen LogP contribution >= 0.6 is 11.6 Å². The number of nitrogens with one attached hydrogen (secondary N) is 1. The summed E-state index contributed by atoms with van der Waals surface area (Å²) in [6, 6.07) is 15.4. The first-order chi connectivity index (χ1) is 12.6. The number of rotatable bonds is 4. The molecule has 26 heavy (non-hydrogen) atoms. The van der Waals surface area contributed by atoms with Gasteiger partial charge in [-0.25, -0.2) is 4.98 Å². The Hall–Kier alpha value is -3.12. The van der Waals surface area contributed by atoms with Crippen molar-refractivity contribution in [1.82, 2.24) is 20.2 Å². The predicted molar refractivity (Wildman–Crippen MR) is 102 cm³/mol. The van der Waals surface area contributed by atoms with Crippen molar-refractivity contribution in [1.29, 1.82) is 0 Å². The highest BCUT2D eigenvalue weighted by molar-refractivity contribution is 6.33. The fourth-order valence-electron chi connectivity index (χ4n) is 2.79. The smallest absolute Gasteiger partial charge is 0.184 e. The summed E-state index contributed by atoms with van der Waals surface area (Å²) in [5.41, 5.74) is 8.82. The van der Waals surface area contributed by atoms with Gasteiger partial charge in [-0.2, -0.15) is 5.10 Å². The molecule has 2 aromatic heterocycles. The Morgan fingerprint density at radius 1 is 1.12 bits per heavy atom. The predicted octanol–water partition coefficient (Wildman–Crippen LogP) is 3.85. The molecule has 2 aromatic carbocycles. The first-order valence-electron chi connectivity index (χ1n) is 8.03. The molecule has 130 valence electrons. The van der Waals surface area contributed by atoms with Gasteiger partial charge >= 0.3 is 0 Å². The highest BCUT2D eigenvalue weighted by Gasteiger charge is 2.14. The van der Waals surface area contributed by atoms with Crippen LogP contribution in [-0.4, -0.2) is 27.3 Å². The normalized spacial score (nSPS) is 11.0. The number of para-hydroxylation sites is 1.